The predicted molar refractivity (Wildman–Crippen MR) is 63.7 cm³/mol. The van der Waals surface area contributed by atoms with Crippen LogP contribution in [0.25, 0.3) is 17.3 Å². The first-order chi connectivity index (χ1) is 7.81. The summed E-state index contributed by atoms with van der Waals surface area (Å²) in [5.74, 6) is 0. The highest BCUT2D eigenvalue weighted by Gasteiger charge is 2.03. The van der Waals surface area contributed by atoms with Crippen LogP contribution in [0, 0.1) is 0 Å². The van der Waals surface area contributed by atoms with Crippen molar-refractivity contribution in [2.75, 3.05) is 0 Å². The molecule has 0 N–H and O–H groups in total. The predicted octanol–water partition coefficient (Wildman–Crippen LogP) is 2.30. The Morgan fingerprint density at radius 2 is 2.00 bits per heavy atom. The summed E-state index contributed by atoms with van der Waals surface area (Å²) in [6.45, 7) is 0. The number of aldehydes is 1. The third kappa shape index (κ3) is 2.08. The van der Waals surface area contributed by atoms with Crippen molar-refractivity contribution in [2.24, 2.45) is 7.05 Å². The first-order valence-corrected chi connectivity index (χ1v) is 5.02. The van der Waals surface area contributed by atoms with Crippen LogP contribution in [0.5, 0.6) is 0 Å². The molecule has 3 heteroatoms. The van der Waals surface area contributed by atoms with E-state index in [1.165, 1.54) is 6.08 Å². The molecule has 80 valence electrons. The quantitative estimate of drug-likeness (QED) is 0.578. The summed E-state index contributed by atoms with van der Waals surface area (Å²) in [5.41, 5.74) is 2.89. The molecule has 1 aromatic heterocycles. The van der Waals surface area contributed by atoms with Gasteiger partial charge in [0.2, 0.25) is 0 Å². The van der Waals surface area contributed by atoms with E-state index < -0.39 is 0 Å². The molecule has 1 heterocycles. The number of aryl methyl sites for hydroxylation is 1. The highest BCUT2D eigenvalue weighted by atomic mass is 16.1. The lowest BCUT2D eigenvalue weighted by Crippen LogP contribution is -1.92. The number of benzene rings is 1. The normalized spacial score (nSPS) is 10.8. The van der Waals surface area contributed by atoms with Gasteiger partial charge >= 0.3 is 0 Å². The molecule has 0 aliphatic carbocycles. The van der Waals surface area contributed by atoms with Crippen LogP contribution in [-0.4, -0.2) is 16.1 Å². The summed E-state index contributed by atoms with van der Waals surface area (Å²) < 4.78 is 1.75. The average Bonchev–Trinajstić information content (AvgIpc) is 2.69. The largest absolute Gasteiger partial charge is 0.299 e. The molecule has 0 atom stereocenters. The van der Waals surface area contributed by atoms with Crippen molar-refractivity contribution in [3.05, 3.63) is 48.2 Å². The lowest BCUT2D eigenvalue weighted by molar-refractivity contribution is -0.104. The zero-order chi connectivity index (χ0) is 11.4. The molecule has 1 aromatic carbocycles. The maximum Gasteiger partial charge on any atom is 0.142 e. The molecule has 2 aromatic rings. The number of hydrogen-bond acceptors (Lipinski definition) is 2. The van der Waals surface area contributed by atoms with Crippen LogP contribution in [0.3, 0.4) is 0 Å². The number of allylic oxidation sites excluding steroid dienone is 1. The fourth-order valence-corrected chi connectivity index (χ4v) is 1.53. The lowest BCUT2D eigenvalue weighted by Gasteiger charge is -1.93. The van der Waals surface area contributed by atoms with Gasteiger partial charge in [-0.25, -0.2) is 0 Å². The summed E-state index contributed by atoms with van der Waals surface area (Å²) in [6, 6.07) is 11.9. The topological polar surface area (TPSA) is 34.9 Å². The van der Waals surface area contributed by atoms with Crippen LogP contribution in [-0.2, 0) is 11.8 Å². The van der Waals surface area contributed by atoms with E-state index in [2.05, 4.69) is 5.10 Å². The van der Waals surface area contributed by atoms with Crippen molar-refractivity contribution in [2.45, 2.75) is 0 Å². The highest BCUT2D eigenvalue weighted by Crippen LogP contribution is 2.18. The van der Waals surface area contributed by atoms with Gasteiger partial charge in [-0.15, -0.1) is 0 Å². The zero-order valence-corrected chi connectivity index (χ0v) is 9.00. The van der Waals surface area contributed by atoms with E-state index in [0.29, 0.717) is 0 Å². The molecule has 3 nitrogen and oxygen atoms in total. The molecule has 0 saturated heterocycles. The lowest BCUT2D eigenvalue weighted by atomic mass is 10.1. The van der Waals surface area contributed by atoms with Crippen molar-refractivity contribution in [3.8, 4) is 11.3 Å². The smallest absolute Gasteiger partial charge is 0.142 e. The van der Waals surface area contributed by atoms with Crippen LogP contribution < -0.4 is 0 Å². The van der Waals surface area contributed by atoms with Gasteiger partial charge in [-0.3, -0.25) is 9.48 Å². The van der Waals surface area contributed by atoms with E-state index in [0.717, 1.165) is 23.2 Å². The van der Waals surface area contributed by atoms with Crippen LogP contribution in [0.15, 0.2) is 42.5 Å². The number of nitrogens with zero attached hydrogens (tertiary/aromatic N) is 2. The Bertz CT molecular complexity index is 512. The molecule has 0 spiro atoms. The minimum atomic E-state index is 0.759. The molecule has 0 fully saturated rings. The zero-order valence-electron chi connectivity index (χ0n) is 9.00. The van der Waals surface area contributed by atoms with Crippen LogP contribution in [0.2, 0.25) is 0 Å². The van der Waals surface area contributed by atoms with Gasteiger partial charge in [0.15, 0.2) is 0 Å². The number of aromatic nitrogens is 2. The Morgan fingerprint density at radius 3 is 2.69 bits per heavy atom. The van der Waals surface area contributed by atoms with Crippen molar-refractivity contribution in [1.29, 1.82) is 0 Å². The maximum absolute atomic E-state index is 10.2. The van der Waals surface area contributed by atoms with Gasteiger partial charge in [-0.2, -0.15) is 5.10 Å². The third-order valence-electron chi connectivity index (χ3n) is 2.33. The molecular formula is C13H12N2O. The number of carbonyl (C=O) groups excluding carboxylic acids is 1. The van der Waals surface area contributed by atoms with Gasteiger partial charge in [-0.1, -0.05) is 30.3 Å². The fraction of sp³-hybridized carbons (Fsp3) is 0.0769. The van der Waals surface area contributed by atoms with Gasteiger partial charge in [0.25, 0.3) is 0 Å². The summed E-state index contributed by atoms with van der Waals surface area (Å²) in [6.07, 6.45) is 3.97. The number of carbonyl (C=O) groups is 1. The van der Waals surface area contributed by atoms with Crippen LogP contribution in [0.1, 0.15) is 5.69 Å². The SMILES string of the molecule is Cn1nc(-c2ccccc2)cc1/C=C/C=O. The molecule has 0 unspecified atom stereocenters. The van der Waals surface area contributed by atoms with Gasteiger partial charge in [-0.05, 0) is 18.2 Å². The number of rotatable bonds is 3. The monoisotopic (exact) mass is 212 g/mol. The van der Waals surface area contributed by atoms with Gasteiger partial charge in [0.05, 0.1) is 11.4 Å². The molecule has 0 bridgehead atoms. The summed E-state index contributed by atoms with van der Waals surface area (Å²) in [7, 11) is 1.86. The Hall–Kier alpha value is -2.16. The Morgan fingerprint density at radius 1 is 1.25 bits per heavy atom. The van der Waals surface area contributed by atoms with E-state index in [4.69, 9.17) is 0 Å². The van der Waals surface area contributed by atoms with E-state index in [1.54, 1.807) is 10.8 Å². The van der Waals surface area contributed by atoms with Gasteiger partial charge < -0.3 is 0 Å². The molecule has 0 amide bonds. The second-order valence-electron chi connectivity index (χ2n) is 3.44. The van der Waals surface area contributed by atoms with E-state index in [1.807, 2.05) is 43.4 Å². The molecular weight excluding hydrogens is 200 g/mol. The van der Waals surface area contributed by atoms with E-state index in [9.17, 15) is 4.79 Å². The van der Waals surface area contributed by atoms with Crippen molar-refractivity contribution in [3.63, 3.8) is 0 Å². The van der Waals surface area contributed by atoms with Crippen LogP contribution in [0.4, 0.5) is 0 Å². The Kier molecular flexibility index (Phi) is 2.96. The Labute approximate surface area is 94.0 Å². The van der Waals surface area contributed by atoms with Crippen molar-refractivity contribution < 1.29 is 4.79 Å². The maximum atomic E-state index is 10.2. The Balaban J connectivity index is 2.38. The molecule has 16 heavy (non-hydrogen) atoms. The fourth-order valence-electron chi connectivity index (χ4n) is 1.53. The molecule has 0 radical (unpaired) electrons. The van der Waals surface area contributed by atoms with Gasteiger partial charge in [0.1, 0.15) is 6.29 Å². The molecule has 0 saturated carbocycles. The first kappa shape index (κ1) is 10.4. The number of hydrogen-bond donors (Lipinski definition) is 0. The molecule has 0 aliphatic heterocycles. The minimum Gasteiger partial charge on any atom is -0.299 e. The second kappa shape index (κ2) is 4.57. The van der Waals surface area contributed by atoms with E-state index in [-0.39, 0.29) is 0 Å². The average molecular weight is 212 g/mol. The van der Waals surface area contributed by atoms with E-state index >= 15 is 0 Å². The molecule has 0 aliphatic rings. The van der Waals surface area contributed by atoms with Crippen molar-refractivity contribution in [1.82, 2.24) is 9.78 Å². The highest BCUT2D eigenvalue weighted by molar-refractivity contribution is 5.74. The summed E-state index contributed by atoms with van der Waals surface area (Å²) in [4.78, 5) is 10.2. The second-order valence-corrected chi connectivity index (χ2v) is 3.44. The summed E-state index contributed by atoms with van der Waals surface area (Å²) in [5, 5.41) is 4.38. The summed E-state index contributed by atoms with van der Waals surface area (Å²) >= 11 is 0. The standard InChI is InChI=1S/C13H12N2O/c1-15-12(8-5-9-16)10-13(14-15)11-6-3-2-4-7-11/h2-10H,1H3/b8-5+. The van der Waals surface area contributed by atoms with Crippen molar-refractivity contribution >= 4 is 12.4 Å². The van der Waals surface area contributed by atoms with Crippen LogP contribution >= 0.6 is 0 Å². The first-order valence-electron chi connectivity index (χ1n) is 5.02. The van der Waals surface area contributed by atoms with Gasteiger partial charge in [0, 0.05) is 12.6 Å². The minimum absolute atomic E-state index is 0.759. The third-order valence-corrected chi connectivity index (χ3v) is 2.33. The molecule has 2 rings (SSSR count).